The van der Waals surface area contributed by atoms with Gasteiger partial charge in [0.25, 0.3) is 0 Å². The second-order valence-electron chi connectivity index (χ2n) is 10.7. The Bertz CT molecular complexity index is 960. The van der Waals surface area contributed by atoms with E-state index in [4.69, 9.17) is 4.98 Å². The smallest absolute Gasteiger partial charge is 0.0607 e. The number of likely N-dealkylation sites (tertiary alicyclic amines) is 1. The highest BCUT2D eigenvalue weighted by atomic mass is 15.2. The quantitative estimate of drug-likeness (QED) is 0.805. The zero-order valence-electron chi connectivity index (χ0n) is 19.6. The van der Waals surface area contributed by atoms with E-state index in [0.717, 1.165) is 31.3 Å². The molecule has 5 nitrogen and oxygen atoms in total. The lowest BCUT2D eigenvalue weighted by atomic mass is 9.89. The largest absolute Gasteiger partial charge is 0.371 e. The van der Waals surface area contributed by atoms with Gasteiger partial charge in [-0.1, -0.05) is 18.2 Å². The van der Waals surface area contributed by atoms with Crippen molar-refractivity contribution in [1.29, 1.82) is 0 Å². The number of hydrogen-bond acceptors (Lipinski definition) is 5. The lowest BCUT2D eigenvalue weighted by molar-refractivity contribution is 0.191. The average Bonchev–Trinajstić information content (AvgIpc) is 3.35. The molecule has 32 heavy (non-hydrogen) atoms. The van der Waals surface area contributed by atoms with Crippen molar-refractivity contribution in [2.45, 2.75) is 44.3 Å². The van der Waals surface area contributed by atoms with Gasteiger partial charge in [-0.3, -0.25) is 9.88 Å². The number of fused-ring (bicyclic) bond motifs is 3. The van der Waals surface area contributed by atoms with Gasteiger partial charge in [0.15, 0.2) is 0 Å². The maximum absolute atomic E-state index is 4.78. The summed E-state index contributed by atoms with van der Waals surface area (Å²) in [7, 11) is 4.58. The van der Waals surface area contributed by atoms with Crippen LogP contribution >= 0.6 is 0 Å². The maximum Gasteiger partial charge on any atom is 0.0607 e. The predicted molar refractivity (Wildman–Crippen MR) is 130 cm³/mol. The molecule has 1 N–H and O–H groups in total. The molecule has 4 atom stereocenters. The summed E-state index contributed by atoms with van der Waals surface area (Å²) in [5.41, 5.74) is 7.37. The molecule has 2 fully saturated rings. The number of anilines is 1. The van der Waals surface area contributed by atoms with Crippen LogP contribution < -0.4 is 10.2 Å². The van der Waals surface area contributed by atoms with E-state index in [9.17, 15) is 0 Å². The van der Waals surface area contributed by atoms with Crippen molar-refractivity contribution in [2.24, 2.45) is 11.8 Å². The molecule has 2 aromatic rings. The normalized spacial score (nSPS) is 29.8. The van der Waals surface area contributed by atoms with Crippen LogP contribution in [0, 0.1) is 11.8 Å². The summed E-state index contributed by atoms with van der Waals surface area (Å²) in [5.74, 6) is 1.69. The Morgan fingerprint density at radius 3 is 2.72 bits per heavy atom. The van der Waals surface area contributed by atoms with Gasteiger partial charge < -0.3 is 15.1 Å². The second-order valence-corrected chi connectivity index (χ2v) is 10.7. The second kappa shape index (κ2) is 8.44. The molecule has 6 rings (SSSR count). The van der Waals surface area contributed by atoms with Crippen molar-refractivity contribution in [3.63, 3.8) is 0 Å². The Labute approximate surface area is 192 Å². The summed E-state index contributed by atoms with van der Waals surface area (Å²) in [6, 6.07) is 12.3. The van der Waals surface area contributed by atoms with Gasteiger partial charge in [0, 0.05) is 57.2 Å². The van der Waals surface area contributed by atoms with E-state index in [2.05, 4.69) is 64.4 Å². The summed E-state index contributed by atoms with van der Waals surface area (Å²) in [6.07, 6.45) is 6.77. The lowest BCUT2D eigenvalue weighted by Gasteiger charge is -2.37. The highest BCUT2D eigenvalue weighted by Crippen LogP contribution is 2.37. The van der Waals surface area contributed by atoms with Gasteiger partial charge in [-0.25, -0.2) is 0 Å². The Hall–Kier alpha value is -1.95. The Balaban J connectivity index is 1.17. The third-order valence-electron chi connectivity index (χ3n) is 8.50. The molecule has 3 aliphatic heterocycles. The van der Waals surface area contributed by atoms with Crippen LogP contribution in [0.3, 0.4) is 0 Å². The first-order chi connectivity index (χ1) is 15.7. The van der Waals surface area contributed by atoms with Crippen molar-refractivity contribution in [1.82, 2.24) is 20.1 Å². The third kappa shape index (κ3) is 3.74. The molecule has 0 bridgehead atoms. The van der Waals surface area contributed by atoms with Gasteiger partial charge in [-0.05, 0) is 80.4 Å². The molecule has 0 radical (unpaired) electrons. The van der Waals surface area contributed by atoms with Crippen LogP contribution in [0.1, 0.15) is 41.3 Å². The van der Waals surface area contributed by atoms with Gasteiger partial charge in [0.1, 0.15) is 0 Å². The molecule has 1 unspecified atom stereocenters. The average molecular weight is 432 g/mol. The van der Waals surface area contributed by atoms with Crippen LogP contribution in [0.5, 0.6) is 0 Å². The number of likely N-dealkylation sites (N-methyl/N-ethyl adjacent to an activating group) is 1. The molecule has 0 saturated carbocycles. The molecule has 2 saturated heterocycles. The fraction of sp³-hybridized carbons (Fsp3) is 0.593. The molecule has 5 heteroatoms. The van der Waals surface area contributed by atoms with E-state index in [1.807, 2.05) is 6.20 Å². The SMILES string of the molecule is CN1C[C@@H]2CN(c3cccc4c3C[C@H](CN(C)C3CCCc5cccnc53)NC4)C[C@@H]2C1. The topological polar surface area (TPSA) is 34.6 Å². The van der Waals surface area contributed by atoms with Crippen molar-refractivity contribution in [3.8, 4) is 0 Å². The first-order valence-corrected chi connectivity index (χ1v) is 12.6. The van der Waals surface area contributed by atoms with E-state index in [-0.39, 0.29) is 0 Å². The fourth-order valence-electron chi connectivity index (χ4n) is 6.93. The summed E-state index contributed by atoms with van der Waals surface area (Å²) < 4.78 is 0. The molecule has 1 aliphatic carbocycles. The van der Waals surface area contributed by atoms with Gasteiger partial charge in [-0.2, -0.15) is 0 Å². The number of aryl methyl sites for hydroxylation is 1. The molecule has 4 heterocycles. The summed E-state index contributed by atoms with van der Waals surface area (Å²) >= 11 is 0. The van der Waals surface area contributed by atoms with E-state index >= 15 is 0 Å². The fourth-order valence-corrected chi connectivity index (χ4v) is 6.93. The van der Waals surface area contributed by atoms with Crippen LogP contribution in [0.4, 0.5) is 5.69 Å². The van der Waals surface area contributed by atoms with Crippen molar-refractivity contribution >= 4 is 5.69 Å². The summed E-state index contributed by atoms with van der Waals surface area (Å²) in [5, 5.41) is 3.85. The number of aromatic nitrogens is 1. The maximum atomic E-state index is 4.78. The zero-order valence-corrected chi connectivity index (χ0v) is 19.6. The number of pyridine rings is 1. The van der Waals surface area contributed by atoms with Gasteiger partial charge in [0.05, 0.1) is 11.7 Å². The highest BCUT2D eigenvalue weighted by Gasteiger charge is 2.39. The minimum atomic E-state index is 0.452. The molecule has 0 spiro atoms. The van der Waals surface area contributed by atoms with E-state index < -0.39 is 0 Å². The Kier molecular flexibility index (Phi) is 5.44. The lowest BCUT2D eigenvalue weighted by Crippen LogP contribution is -2.45. The van der Waals surface area contributed by atoms with Crippen LogP contribution in [0.15, 0.2) is 36.5 Å². The van der Waals surface area contributed by atoms with Crippen LogP contribution in [0.2, 0.25) is 0 Å². The summed E-state index contributed by atoms with van der Waals surface area (Å²) in [6.45, 7) is 7.06. The molecule has 0 amide bonds. The monoisotopic (exact) mass is 431 g/mol. The minimum Gasteiger partial charge on any atom is -0.371 e. The first-order valence-electron chi connectivity index (χ1n) is 12.6. The predicted octanol–water partition coefficient (Wildman–Crippen LogP) is 3.10. The van der Waals surface area contributed by atoms with Crippen molar-refractivity contribution in [3.05, 3.63) is 58.9 Å². The summed E-state index contributed by atoms with van der Waals surface area (Å²) in [4.78, 5) is 12.6. The Morgan fingerprint density at radius 1 is 1.06 bits per heavy atom. The van der Waals surface area contributed by atoms with E-state index in [1.165, 1.54) is 67.9 Å². The Morgan fingerprint density at radius 2 is 1.88 bits per heavy atom. The van der Waals surface area contributed by atoms with Gasteiger partial charge in [0.2, 0.25) is 0 Å². The molecule has 4 aliphatic rings. The number of benzene rings is 1. The van der Waals surface area contributed by atoms with Crippen LogP contribution in [0.25, 0.3) is 0 Å². The van der Waals surface area contributed by atoms with Gasteiger partial charge in [-0.15, -0.1) is 0 Å². The van der Waals surface area contributed by atoms with E-state index in [1.54, 1.807) is 5.56 Å². The number of nitrogens with one attached hydrogen (secondary N) is 1. The minimum absolute atomic E-state index is 0.452. The molecule has 170 valence electrons. The number of nitrogens with zero attached hydrogens (tertiary/aromatic N) is 4. The highest BCUT2D eigenvalue weighted by molar-refractivity contribution is 5.59. The van der Waals surface area contributed by atoms with Crippen molar-refractivity contribution in [2.75, 3.05) is 51.7 Å². The third-order valence-corrected chi connectivity index (χ3v) is 8.50. The molecule has 1 aromatic carbocycles. The van der Waals surface area contributed by atoms with Crippen LogP contribution in [-0.2, 0) is 19.4 Å². The molecular formula is C27H37N5. The first kappa shape index (κ1) is 20.6. The van der Waals surface area contributed by atoms with Crippen LogP contribution in [-0.4, -0.2) is 67.6 Å². The van der Waals surface area contributed by atoms with Crippen molar-refractivity contribution < 1.29 is 0 Å². The van der Waals surface area contributed by atoms with Gasteiger partial charge >= 0.3 is 0 Å². The van der Waals surface area contributed by atoms with E-state index in [0.29, 0.717) is 12.1 Å². The zero-order chi connectivity index (χ0) is 21.7. The number of rotatable bonds is 4. The number of hydrogen-bond donors (Lipinski definition) is 1. The molecule has 1 aromatic heterocycles. The standard InChI is InChI=1S/C27H37N5/c1-30-14-21-16-32(17-22(21)15-30)25-9-4-7-20-13-29-23(12-24(20)25)18-31(2)26-10-3-6-19-8-5-11-28-27(19)26/h4-5,7-9,11,21-23,26,29H,3,6,10,12-18H2,1-2H3/t21-,22+,23-,26?/m1/s1. The molecular weight excluding hydrogens is 394 g/mol.